The van der Waals surface area contributed by atoms with Crippen LogP contribution in [0.4, 0.5) is 11.4 Å². The van der Waals surface area contributed by atoms with Gasteiger partial charge >= 0.3 is 0 Å². The number of nitrogens with one attached hydrogen (secondary N) is 1. The van der Waals surface area contributed by atoms with Crippen LogP contribution in [0.3, 0.4) is 0 Å². The SMILES string of the molecule is COCCS(=O)CCCC(=O)Nc1cccc(N)c1C. The summed E-state index contributed by atoms with van der Waals surface area (Å²) in [5.74, 6) is 0.960. The van der Waals surface area contributed by atoms with Crippen LogP contribution in [0.25, 0.3) is 0 Å². The van der Waals surface area contributed by atoms with E-state index in [1.54, 1.807) is 19.2 Å². The van der Waals surface area contributed by atoms with Gasteiger partial charge in [0.15, 0.2) is 0 Å². The number of hydrogen-bond acceptors (Lipinski definition) is 4. The van der Waals surface area contributed by atoms with Crippen LogP contribution in [0.2, 0.25) is 0 Å². The molecule has 0 fully saturated rings. The smallest absolute Gasteiger partial charge is 0.224 e. The van der Waals surface area contributed by atoms with Crippen molar-refractivity contribution < 1.29 is 13.7 Å². The number of ether oxygens (including phenoxy) is 1. The van der Waals surface area contributed by atoms with Crippen LogP contribution in [-0.4, -0.2) is 35.3 Å². The lowest BCUT2D eigenvalue weighted by molar-refractivity contribution is -0.116. The van der Waals surface area contributed by atoms with Gasteiger partial charge in [-0.05, 0) is 31.0 Å². The van der Waals surface area contributed by atoms with Crippen LogP contribution in [0.15, 0.2) is 18.2 Å². The predicted molar refractivity (Wildman–Crippen MR) is 83.2 cm³/mol. The van der Waals surface area contributed by atoms with Gasteiger partial charge < -0.3 is 15.8 Å². The Balaban J connectivity index is 2.34. The van der Waals surface area contributed by atoms with Crippen molar-refractivity contribution in [2.24, 2.45) is 0 Å². The monoisotopic (exact) mass is 298 g/mol. The third kappa shape index (κ3) is 5.71. The van der Waals surface area contributed by atoms with Crippen LogP contribution >= 0.6 is 0 Å². The molecule has 0 aliphatic carbocycles. The van der Waals surface area contributed by atoms with E-state index < -0.39 is 10.8 Å². The molecule has 0 spiro atoms. The number of methoxy groups -OCH3 is 1. The second-order valence-corrected chi connectivity index (χ2v) is 6.21. The summed E-state index contributed by atoms with van der Waals surface area (Å²) >= 11 is 0. The molecule has 0 heterocycles. The van der Waals surface area contributed by atoms with Crippen molar-refractivity contribution in [3.63, 3.8) is 0 Å². The maximum Gasteiger partial charge on any atom is 0.224 e. The first-order valence-corrected chi connectivity index (χ1v) is 8.02. The van der Waals surface area contributed by atoms with E-state index in [1.165, 1.54) is 0 Å². The molecule has 0 saturated carbocycles. The zero-order valence-corrected chi connectivity index (χ0v) is 12.8. The molecule has 5 nitrogen and oxygen atoms in total. The number of nitrogens with two attached hydrogens (primary N) is 1. The second-order valence-electron chi connectivity index (χ2n) is 4.51. The van der Waals surface area contributed by atoms with Crippen molar-refractivity contribution in [1.29, 1.82) is 0 Å². The zero-order valence-electron chi connectivity index (χ0n) is 12.0. The van der Waals surface area contributed by atoms with Crippen molar-refractivity contribution in [2.45, 2.75) is 19.8 Å². The normalized spacial score (nSPS) is 12.1. The van der Waals surface area contributed by atoms with Crippen LogP contribution in [0.1, 0.15) is 18.4 Å². The molecule has 1 amide bonds. The van der Waals surface area contributed by atoms with Crippen molar-refractivity contribution in [3.8, 4) is 0 Å². The molecule has 1 aromatic carbocycles. The van der Waals surface area contributed by atoms with E-state index in [1.807, 2.05) is 13.0 Å². The summed E-state index contributed by atoms with van der Waals surface area (Å²) in [5, 5.41) is 2.83. The predicted octanol–water partition coefficient (Wildman–Crippen LogP) is 1.69. The van der Waals surface area contributed by atoms with E-state index >= 15 is 0 Å². The highest BCUT2D eigenvalue weighted by Gasteiger charge is 2.07. The summed E-state index contributed by atoms with van der Waals surface area (Å²) in [6.45, 7) is 2.35. The first-order chi connectivity index (χ1) is 9.54. The number of carbonyl (C=O) groups is 1. The number of amides is 1. The van der Waals surface area contributed by atoms with E-state index in [0.29, 0.717) is 36.6 Å². The quantitative estimate of drug-likeness (QED) is 0.716. The molecule has 1 unspecified atom stereocenters. The largest absolute Gasteiger partial charge is 0.398 e. The number of rotatable bonds is 8. The minimum absolute atomic E-state index is 0.0811. The highest BCUT2D eigenvalue weighted by Crippen LogP contribution is 2.20. The summed E-state index contributed by atoms with van der Waals surface area (Å²) in [5.41, 5.74) is 8.03. The lowest BCUT2D eigenvalue weighted by Gasteiger charge is -2.10. The van der Waals surface area contributed by atoms with E-state index in [4.69, 9.17) is 10.5 Å². The number of benzene rings is 1. The Kier molecular flexibility index (Phi) is 7.25. The lowest BCUT2D eigenvalue weighted by Crippen LogP contribution is -2.15. The van der Waals surface area contributed by atoms with Gasteiger partial charge in [-0.25, -0.2) is 0 Å². The first kappa shape index (κ1) is 16.7. The zero-order chi connectivity index (χ0) is 15.0. The Morgan fingerprint density at radius 1 is 1.40 bits per heavy atom. The molecular weight excluding hydrogens is 276 g/mol. The summed E-state index contributed by atoms with van der Waals surface area (Å²) in [6, 6.07) is 5.42. The van der Waals surface area contributed by atoms with Gasteiger partial charge in [-0.1, -0.05) is 6.07 Å². The number of hydrogen-bond donors (Lipinski definition) is 2. The van der Waals surface area contributed by atoms with E-state index in [9.17, 15) is 9.00 Å². The first-order valence-electron chi connectivity index (χ1n) is 6.53. The third-order valence-corrected chi connectivity index (χ3v) is 4.31. The summed E-state index contributed by atoms with van der Waals surface area (Å²) in [6.07, 6.45) is 0.955. The van der Waals surface area contributed by atoms with Crippen molar-refractivity contribution >= 4 is 28.1 Å². The fourth-order valence-electron chi connectivity index (χ4n) is 1.67. The van der Waals surface area contributed by atoms with Crippen molar-refractivity contribution in [1.82, 2.24) is 0 Å². The Morgan fingerprint density at radius 2 is 2.15 bits per heavy atom. The van der Waals surface area contributed by atoms with Crippen LogP contribution in [0.5, 0.6) is 0 Å². The molecule has 0 aliphatic heterocycles. The van der Waals surface area contributed by atoms with Crippen LogP contribution in [-0.2, 0) is 20.3 Å². The van der Waals surface area contributed by atoms with Gasteiger partial charge in [0.2, 0.25) is 5.91 Å². The van der Waals surface area contributed by atoms with Crippen LogP contribution < -0.4 is 11.1 Å². The maximum atomic E-state index is 11.8. The van der Waals surface area contributed by atoms with E-state index in [0.717, 1.165) is 11.3 Å². The van der Waals surface area contributed by atoms with E-state index in [2.05, 4.69) is 5.32 Å². The topological polar surface area (TPSA) is 81.4 Å². The molecule has 0 aromatic heterocycles. The van der Waals surface area contributed by atoms with Crippen molar-refractivity contribution in [3.05, 3.63) is 23.8 Å². The fourth-order valence-corrected chi connectivity index (χ4v) is 2.70. The van der Waals surface area contributed by atoms with Gasteiger partial charge in [-0.15, -0.1) is 0 Å². The maximum absolute atomic E-state index is 11.8. The molecule has 0 bridgehead atoms. The highest BCUT2D eigenvalue weighted by atomic mass is 32.2. The van der Waals surface area contributed by atoms with Gasteiger partial charge in [0.05, 0.1) is 6.61 Å². The molecule has 3 N–H and O–H groups in total. The summed E-state index contributed by atoms with van der Waals surface area (Å²) in [7, 11) is 0.666. The van der Waals surface area contributed by atoms with Gasteiger partial charge in [0.1, 0.15) is 0 Å². The average Bonchev–Trinajstić information content (AvgIpc) is 2.41. The molecule has 6 heteroatoms. The third-order valence-electron chi connectivity index (χ3n) is 2.94. The minimum Gasteiger partial charge on any atom is -0.398 e. The number of anilines is 2. The molecular formula is C14H22N2O3S. The Labute approximate surface area is 122 Å². The molecule has 1 rings (SSSR count). The number of nitrogen functional groups attached to an aromatic ring is 1. The van der Waals surface area contributed by atoms with Gasteiger partial charge in [0.25, 0.3) is 0 Å². The molecule has 0 aliphatic rings. The van der Waals surface area contributed by atoms with Gasteiger partial charge in [0, 0.05) is 47.2 Å². The molecule has 112 valence electrons. The van der Waals surface area contributed by atoms with E-state index in [-0.39, 0.29) is 5.91 Å². The number of carbonyl (C=O) groups excluding carboxylic acids is 1. The Bertz CT molecular complexity index is 477. The molecule has 1 aromatic rings. The molecule has 1 atom stereocenters. The summed E-state index contributed by atoms with van der Waals surface area (Å²) in [4.78, 5) is 11.8. The molecule has 20 heavy (non-hydrogen) atoms. The fraction of sp³-hybridized carbons (Fsp3) is 0.500. The molecule has 0 saturated heterocycles. The highest BCUT2D eigenvalue weighted by molar-refractivity contribution is 7.84. The Morgan fingerprint density at radius 3 is 2.85 bits per heavy atom. The Hall–Kier alpha value is -1.40. The lowest BCUT2D eigenvalue weighted by atomic mass is 10.1. The molecule has 0 radical (unpaired) electrons. The second kappa shape index (κ2) is 8.71. The summed E-state index contributed by atoms with van der Waals surface area (Å²) < 4.78 is 16.4. The van der Waals surface area contributed by atoms with Gasteiger partial charge in [-0.3, -0.25) is 9.00 Å². The standard InChI is InChI=1S/C14H22N2O3S/c1-11-12(15)5-3-6-13(11)16-14(17)7-4-9-20(18)10-8-19-2/h3,5-6H,4,7-10,15H2,1-2H3,(H,16,17). The average molecular weight is 298 g/mol. The van der Waals surface area contributed by atoms with Crippen LogP contribution in [0, 0.1) is 6.92 Å². The van der Waals surface area contributed by atoms with Crippen molar-refractivity contribution in [2.75, 3.05) is 36.3 Å². The minimum atomic E-state index is -0.916. The van der Waals surface area contributed by atoms with Gasteiger partial charge in [-0.2, -0.15) is 0 Å².